The minimum atomic E-state index is 0.657. The van der Waals surface area contributed by atoms with Gasteiger partial charge in [0.1, 0.15) is 5.82 Å². The molecule has 0 aliphatic carbocycles. The summed E-state index contributed by atoms with van der Waals surface area (Å²) in [5, 5.41) is 4.60. The van der Waals surface area contributed by atoms with E-state index in [0.717, 1.165) is 22.5 Å². The second-order valence-electron chi connectivity index (χ2n) is 4.35. The number of anilines is 1. The number of hydrogen-bond acceptors (Lipinski definition) is 3. The van der Waals surface area contributed by atoms with Crippen molar-refractivity contribution in [2.75, 3.05) is 5.73 Å². The van der Waals surface area contributed by atoms with Crippen molar-refractivity contribution < 1.29 is 0 Å². The molecule has 1 aromatic carbocycles. The summed E-state index contributed by atoms with van der Waals surface area (Å²) in [6.07, 6.45) is 3.54. The van der Waals surface area contributed by atoms with Gasteiger partial charge in [-0.25, -0.2) is 4.68 Å². The van der Waals surface area contributed by atoms with Crippen LogP contribution in [0.3, 0.4) is 0 Å². The molecule has 0 unspecified atom stereocenters. The topological polar surface area (TPSA) is 56.7 Å². The maximum absolute atomic E-state index is 6.15. The average molecular weight is 250 g/mol. The zero-order valence-corrected chi connectivity index (χ0v) is 10.6. The lowest BCUT2D eigenvalue weighted by Gasteiger charge is -2.02. The summed E-state index contributed by atoms with van der Waals surface area (Å²) in [5.41, 5.74) is 9.92. The van der Waals surface area contributed by atoms with E-state index in [0.29, 0.717) is 5.82 Å². The van der Waals surface area contributed by atoms with Crippen molar-refractivity contribution in [3.8, 4) is 16.9 Å². The smallest absolute Gasteiger partial charge is 0.130 e. The molecule has 0 bridgehead atoms. The number of rotatable bonds is 2. The van der Waals surface area contributed by atoms with Crippen molar-refractivity contribution in [3.63, 3.8) is 0 Å². The molecule has 0 spiro atoms. The van der Waals surface area contributed by atoms with E-state index < -0.39 is 0 Å². The molecule has 0 saturated heterocycles. The van der Waals surface area contributed by atoms with Crippen LogP contribution in [-0.2, 0) is 0 Å². The van der Waals surface area contributed by atoms with Crippen molar-refractivity contribution in [1.82, 2.24) is 14.8 Å². The van der Waals surface area contributed by atoms with Gasteiger partial charge < -0.3 is 5.73 Å². The minimum absolute atomic E-state index is 0.657. The maximum atomic E-state index is 6.15. The van der Waals surface area contributed by atoms with E-state index in [4.69, 9.17) is 5.73 Å². The fraction of sp³-hybridized carbons (Fsp3) is 0.0667. The van der Waals surface area contributed by atoms with Crippen LogP contribution in [0.5, 0.6) is 0 Å². The Bertz CT molecular complexity index is 627. The van der Waals surface area contributed by atoms with Gasteiger partial charge in [0.15, 0.2) is 0 Å². The van der Waals surface area contributed by atoms with Crippen LogP contribution < -0.4 is 5.73 Å². The molecule has 0 atom stereocenters. The van der Waals surface area contributed by atoms with Gasteiger partial charge in [-0.3, -0.25) is 4.98 Å². The number of pyridine rings is 1. The lowest BCUT2D eigenvalue weighted by atomic mass is 10.1. The third-order valence-corrected chi connectivity index (χ3v) is 3.10. The van der Waals surface area contributed by atoms with Crippen molar-refractivity contribution in [2.24, 2.45) is 0 Å². The van der Waals surface area contributed by atoms with Crippen LogP contribution in [0.25, 0.3) is 16.9 Å². The van der Waals surface area contributed by atoms with E-state index in [-0.39, 0.29) is 0 Å². The molecule has 0 aliphatic rings. The van der Waals surface area contributed by atoms with Gasteiger partial charge in [-0.2, -0.15) is 5.10 Å². The summed E-state index contributed by atoms with van der Waals surface area (Å²) in [4.78, 5) is 4.12. The largest absolute Gasteiger partial charge is 0.383 e. The van der Waals surface area contributed by atoms with Gasteiger partial charge in [0.25, 0.3) is 0 Å². The van der Waals surface area contributed by atoms with Gasteiger partial charge in [-0.15, -0.1) is 0 Å². The monoisotopic (exact) mass is 250 g/mol. The number of nitrogens with two attached hydrogens (primary N) is 1. The van der Waals surface area contributed by atoms with Gasteiger partial charge in [0.2, 0.25) is 0 Å². The molecule has 94 valence electrons. The lowest BCUT2D eigenvalue weighted by Crippen LogP contribution is -2.01. The summed E-state index contributed by atoms with van der Waals surface area (Å²) < 4.78 is 1.76. The predicted octanol–water partition coefficient (Wildman–Crippen LogP) is 2.82. The van der Waals surface area contributed by atoms with Crippen molar-refractivity contribution in [2.45, 2.75) is 6.92 Å². The third kappa shape index (κ3) is 1.97. The summed E-state index contributed by atoms with van der Waals surface area (Å²) in [5.74, 6) is 0.657. The summed E-state index contributed by atoms with van der Waals surface area (Å²) in [6, 6.07) is 13.7. The first kappa shape index (κ1) is 11.5. The number of nitrogens with zero attached hydrogens (tertiary/aromatic N) is 3. The van der Waals surface area contributed by atoms with Crippen LogP contribution in [0, 0.1) is 6.92 Å². The molecule has 3 aromatic rings. The molecule has 0 saturated carbocycles. The number of hydrogen-bond donors (Lipinski definition) is 1. The van der Waals surface area contributed by atoms with Crippen molar-refractivity contribution in [3.05, 3.63) is 60.4 Å². The first-order valence-electron chi connectivity index (χ1n) is 6.08. The quantitative estimate of drug-likeness (QED) is 0.760. The van der Waals surface area contributed by atoms with E-state index in [1.807, 2.05) is 49.4 Å². The highest BCUT2D eigenvalue weighted by molar-refractivity contribution is 5.68. The molecule has 2 N–H and O–H groups in total. The normalized spacial score (nSPS) is 10.6. The number of para-hydroxylation sites is 1. The molecule has 0 fully saturated rings. The first-order chi connectivity index (χ1) is 9.27. The second kappa shape index (κ2) is 4.57. The number of benzene rings is 1. The molecule has 2 heterocycles. The highest BCUT2D eigenvalue weighted by Gasteiger charge is 2.14. The molecule has 4 nitrogen and oxygen atoms in total. The third-order valence-electron chi connectivity index (χ3n) is 3.10. The Labute approximate surface area is 111 Å². The fourth-order valence-corrected chi connectivity index (χ4v) is 2.05. The van der Waals surface area contributed by atoms with Crippen LogP contribution in [0.4, 0.5) is 5.82 Å². The molecule has 0 amide bonds. The summed E-state index contributed by atoms with van der Waals surface area (Å²) >= 11 is 0. The van der Waals surface area contributed by atoms with Crippen LogP contribution in [0.15, 0.2) is 54.9 Å². The Balaban J connectivity index is 2.16. The van der Waals surface area contributed by atoms with E-state index >= 15 is 0 Å². The summed E-state index contributed by atoms with van der Waals surface area (Å²) in [6.45, 7) is 1.98. The van der Waals surface area contributed by atoms with Gasteiger partial charge in [-0.05, 0) is 31.2 Å². The van der Waals surface area contributed by atoms with Gasteiger partial charge in [0, 0.05) is 23.5 Å². The standard InChI is InChI=1S/C15H14N4/c1-11-14(12-6-5-9-17-10-12)18-19(15(11)16)13-7-3-2-4-8-13/h2-10H,16H2,1H3. The van der Waals surface area contributed by atoms with Gasteiger partial charge >= 0.3 is 0 Å². The van der Waals surface area contributed by atoms with E-state index in [2.05, 4.69) is 10.1 Å². The maximum Gasteiger partial charge on any atom is 0.130 e. The van der Waals surface area contributed by atoms with Crippen LogP contribution in [-0.4, -0.2) is 14.8 Å². The second-order valence-corrected chi connectivity index (χ2v) is 4.35. The Kier molecular flexibility index (Phi) is 2.76. The van der Waals surface area contributed by atoms with Crippen molar-refractivity contribution in [1.29, 1.82) is 0 Å². The predicted molar refractivity (Wildman–Crippen MR) is 75.9 cm³/mol. The lowest BCUT2D eigenvalue weighted by molar-refractivity contribution is 0.894. The Morgan fingerprint density at radius 1 is 1.05 bits per heavy atom. The number of nitrogen functional groups attached to an aromatic ring is 1. The molecule has 3 rings (SSSR count). The fourth-order valence-electron chi connectivity index (χ4n) is 2.05. The Hall–Kier alpha value is -2.62. The van der Waals surface area contributed by atoms with Gasteiger partial charge in [-0.1, -0.05) is 18.2 Å². The van der Waals surface area contributed by atoms with Crippen LogP contribution in [0.1, 0.15) is 5.56 Å². The zero-order chi connectivity index (χ0) is 13.2. The minimum Gasteiger partial charge on any atom is -0.383 e. The highest BCUT2D eigenvalue weighted by atomic mass is 15.3. The van der Waals surface area contributed by atoms with Gasteiger partial charge in [0.05, 0.1) is 11.4 Å². The zero-order valence-electron chi connectivity index (χ0n) is 10.6. The molecule has 0 aliphatic heterocycles. The molecule has 0 radical (unpaired) electrons. The number of aromatic nitrogens is 3. The Morgan fingerprint density at radius 3 is 2.53 bits per heavy atom. The SMILES string of the molecule is Cc1c(-c2cccnc2)nn(-c2ccccc2)c1N. The van der Waals surface area contributed by atoms with Crippen molar-refractivity contribution >= 4 is 5.82 Å². The van der Waals surface area contributed by atoms with E-state index in [1.54, 1.807) is 17.1 Å². The Morgan fingerprint density at radius 2 is 1.84 bits per heavy atom. The molecule has 2 aromatic heterocycles. The van der Waals surface area contributed by atoms with Crippen LogP contribution in [0.2, 0.25) is 0 Å². The molecular weight excluding hydrogens is 236 g/mol. The van der Waals surface area contributed by atoms with E-state index in [9.17, 15) is 0 Å². The average Bonchev–Trinajstić information content (AvgIpc) is 2.77. The molecule has 4 heteroatoms. The van der Waals surface area contributed by atoms with Crippen LogP contribution >= 0.6 is 0 Å². The first-order valence-corrected chi connectivity index (χ1v) is 6.08. The molecular formula is C15H14N4. The highest BCUT2D eigenvalue weighted by Crippen LogP contribution is 2.27. The molecule has 19 heavy (non-hydrogen) atoms. The van der Waals surface area contributed by atoms with E-state index in [1.165, 1.54) is 0 Å². The summed E-state index contributed by atoms with van der Waals surface area (Å²) in [7, 11) is 0.